The molecule has 0 spiro atoms. The van der Waals surface area contributed by atoms with Gasteiger partial charge in [0.25, 0.3) is 0 Å². The number of rotatable bonds is 1. The van der Waals surface area contributed by atoms with Gasteiger partial charge in [-0.25, -0.2) is 0 Å². The van der Waals surface area contributed by atoms with Crippen molar-refractivity contribution in [1.29, 1.82) is 0 Å². The summed E-state index contributed by atoms with van der Waals surface area (Å²) in [7, 11) is 0. The molecule has 1 unspecified atom stereocenters. The summed E-state index contributed by atoms with van der Waals surface area (Å²) in [4.78, 5) is 0. The molecule has 54 valence electrons. The van der Waals surface area contributed by atoms with Gasteiger partial charge in [0, 0.05) is 0 Å². The molecule has 1 atom stereocenters. The van der Waals surface area contributed by atoms with Gasteiger partial charge in [-0.15, -0.1) is 0 Å². The van der Waals surface area contributed by atoms with Crippen LogP contribution in [0.1, 0.15) is 46.5 Å². The van der Waals surface area contributed by atoms with Crippen LogP contribution in [0.15, 0.2) is 0 Å². The first-order chi connectivity index (χ1) is 4.17. The molecule has 0 heterocycles. The highest BCUT2D eigenvalue weighted by Gasteiger charge is 2.32. The normalized spacial score (nSPS) is 33.0. The van der Waals surface area contributed by atoms with E-state index in [0.717, 1.165) is 5.92 Å². The molecule has 1 saturated carbocycles. The third-order valence-electron chi connectivity index (χ3n) is 2.97. The SMILES string of the molecule is CCC1CCCC1(C)C. The number of hydrogen-bond acceptors (Lipinski definition) is 0. The molecule has 0 bridgehead atoms. The molecule has 0 aliphatic heterocycles. The third kappa shape index (κ3) is 1.28. The Morgan fingerprint density at radius 1 is 1.44 bits per heavy atom. The lowest BCUT2D eigenvalue weighted by molar-refractivity contribution is 0.253. The maximum atomic E-state index is 2.41. The van der Waals surface area contributed by atoms with Gasteiger partial charge < -0.3 is 0 Å². The molecule has 0 radical (unpaired) electrons. The van der Waals surface area contributed by atoms with Crippen LogP contribution in [0.3, 0.4) is 0 Å². The van der Waals surface area contributed by atoms with Crippen LogP contribution in [0.5, 0.6) is 0 Å². The standard InChI is InChI=1S/C9H18/c1-4-8-6-5-7-9(8,2)3/h8H,4-7H2,1-3H3. The molecule has 0 aromatic carbocycles. The Labute approximate surface area is 58.7 Å². The molecule has 1 aliphatic rings. The van der Waals surface area contributed by atoms with E-state index in [0.29, 0.717) is 5.41 Å². The van der Waals surface area contributed by atoms with Crippen LogP contribution in [0, 0.1) is 11.3 Å². The summed E-state index contributed by atoms with van der Waals surface area (Å²) in [5, 5.41) is 0. The first-order valence-corrected chi connectivity index (χ1v) is 4.17. The van der Waals surface area contributed by atoms with Crippen molar-refractivity contribution in [3.05, 3.63) is 0 Å². The van der Waals surface area contributed by atoms with Crippen LogP contribution in [0.4, 0.5) is 0 Å². The fraction of sp³-hybridized carbons (Fsp3) is 1.00. The van der Waals surface area contributed by atoms with E-state index >= 15 is 0 Å². The van der Waals surface area contributed by atoms with Crippen LogP contribution in [-0.4, -0.2) is 0 Å². The minimum atomic E-state index is 0.661. The molecule has 0 saturated heterocycles. The van der Waals surface area contributed by atoms with E-state index in [2.05, 4.69) is 20.8 Å². The van der Waals surface area contributed by atoms with E-state index in [9.17, 15) is 0 Å². The van der Waals surface area contributed by atoms with E-state index in [4.69, 9.17) is 0 Å². The Hall–Kier alpha value is 0. The molecule has 0 amide bonds. The van der Waals surface area contributed by atoms with Crippen LogP contribution in [0.25, 0.3) is 0 Å². The first-order valence-electron chi connectivity index (χ1n) is 4.17. The van der Waals surface area contributed by atoms with Crippen molar-refractivity contribution in [2.45, 2.75) is 46.5 Å². The van der Waals surface area contributed by atoms with Gasteiger partial charge in [0.15, 0.2) is 0 Å². The highest BCUT2D eigenvalue weighted by Crippen LogP contribution is 2.43. The van der Waals surface area contributed by atoms with Crippen molar-refractivity contribution in [2.24, 2.45) is 11.3 Å². The van der Waals surface area contributed by atoms with Gasteiger partial charge in [0.05, 0.1) is 0 Å². The van der Waals surface area contributed by atoms with Crippen LogP contribution in [-0.2, 0) is 0 Å². The zero-order valence-electron chi connectivity index (χ0n) is 6.91. The highest BCUT2D eigenvalue weighted by atomic mass is 14.4. The Bertz CT molecular complexity index is 92.2. The van der Waals surface area contributed by atoms with Crippen molar-refractivity contribution in [1.82, 2.24) is 0 Å². The van der Waals surface area contributed by atoms with Crippen LogP contribution >= 0.6 is 0 Å². The molecule has 9 heavy (non-hydrogen) atoms. The predicted molar refractivity (Wildman–Crippen MR) is 41.4 cm³/mol. The van der Waals surface area contributed by atoms with Gasteiger partial charge >= 0.3 is 0 Å². The topological polar surface area (TPSA) is 0 Å². The molecule has 0 nitrogen and oxygen atoms in total. The van der Waals surface area contributed by atoms with Gasteiger partial charge in [-0.3, -0.25) is 0 Å². The lowest BCUT2D eigenvalue weighted by Crippen LogP contribution is -2.15. The largest absolute Gasteiger partial charge is 0.0651 e. The van der Waals surface area contributed by atoms with E-state index in [1.54, 1.807) is 0 Å². The molecule has 1 aliphatic carbocycles. The molecule has 1 rings (SSSR count). The van der Waals surface area contributed by atoms with Crippen molar-refractivity contribution in [3.63, 3.8) is 0 Å². The molecule has 1 fully saturated rings. The molecular formula is C9H18. The van der Waals surface area contributed by atoms with Gasteiger partial charge in [-0.1, -0.05) is 33.6 Å². The monoisotopic (exact) mass is 126 g/mol. The van der Waals surface area contributed by atoms with Crippen LogP contribution < -0.4 is 0 Å². The summed E-state index contributed by atoms with van der Waals surface area (Å²) in [6, 6.07) is 0. The van der Waals surface area contributed by atoms with Crippen molar-refractivity contribution in [3.8, 4) is 0 Å². The minimum Gasteiger partial charge on any atom is -0.0651 e. The lowest BCUT2D eigenvalue weighted by Gasteiger charge is -2.25. The predicted octanol–water partition coefficient (Wildman–Crippen LogP) is 3.22. The molecule has 0 aromatic rings. The smallest absolute Gasteiger partial charge is 0.0326 e. The quantitative estimate of drug-likeness (QED) is 0.506. The van der Waals surface area contributed by atoms with Gasteiger partial charge in [-0.2, -0.15) is 0 Å². The summed E-state index contributed by atoms with van der Waals surface area (Å²) < 4.78 is 0. The average Bonchev–Trinajstić information content (AvgIpc) is 2.08. The summed E-state index contributed by atoms with van der Waals surface area (Å²) in [5.74, 6) is 1.01. The fourth-order valence-corrected chi connectivity index (χ4v) is 2.16. The van der Waals surface area contributed by atoms with E-state index in [1.165, 1.54) is 25.7 Å². The zero-order valence-corrected chi connectivity index (χ0v) is 6.91. The third-order valence-corrected chi connectivity index (χ3v) is 2.97. The Kier molecular flexibility index (Phi) is 1.83. The second kappa shape index (κ2) is 2.32. The Morgan fingerprint density at radius 3 is 2.33 bits per heavy atom. The molecule has 0 N–H and O–H groups in total. The van der Waals surface area contributed by atoms with E-state index < -0.39 is 0 Å². The van der Waals surface area contributed by atoms with Gasteiger partial charge in [-0.05, 0) is 24.2 Å². The van der Waals surface area contributed by atoms with Crippen molar-refractivity contribution < 1.29 is 0 Å². The second-order valence-corrected chi connectivity index (χ2v) is 3.99. The summed E-state index contributed by atoms with van der Waals surface area (Å²) in [5.41, 5.74) is 0.661. The van der Waals surface area contributed by atoms with Crippen molar-refractivity contribution in [2.75, 3.05) is 0 Å². The first kappa shape index (κ1) is 7.11. The maximum Gasteiger partial charge on any atom is -0.0326 e. The number of hydrogen-bond donors (Lipinski definition) is 0. The summed E-state index contributed by atoms with van der Waals surface area (Å²) in [6.45, 7) is 7.14. The summed E-state index contributed by atoms with van der Waals surface area (Å²) in [6.07, 6.45) is 5.77. The zero-order chi connectivity index (χ0) is 6.91. The van der Waals surface area contributed by atoms with Gasteiger partial charge in [0.1, 0.15) is 0 Å². The lowest BCUT2D eigenvalue weighted by atomic mass is 9.80. The molecule has 0 aromatic heterocycles. The Balaban J connectivity index is 2.52. The fourth-order valence-electron chi connectivity index (χ4n) is 2.16. The highest BCUT2D eigenvalue weighted by molar-refractivity contribution is 4.83. The summed E-state index contributed by atoms with van der Waals surface area (Å²) >= 11 is 0. The van der Waals surface area contributed by atoms with E-state index in [1.807, 2.05) is 0 Å². The second-order valence-electron chi connectivity index (χ2n) is 3.99. The maximum absolute atomic E-state index is 2.41. The van der Waals surface area contributed by atoms with E-state index in [-0.39, 0.29) is 0 Å². The Morgan fingerprint density at radius 2 is 2.11 bits per heavy atom. The average molecular weight is 126 g/mol. The molecule has 0 heteroatoms. The minimum absolute atomic E-state index is 0.661. The van der Waals surface area contributed by atoms with Crippen molar-refractivity contribution >= 4 is 0 Å². The molecular weight excluding hydrogens is 108 g/mol. The van der Waals surface area contributed by atoms with Gasteiger partial charge in [0.2, 0.25) is 0 Å². The van der Waals surface area contributed by atoms with Crippen LogP contribution in [0.2, 0.25) is 0 Å².